The molecule has 2 fully saturated rings. The largest absolute Gasteiger partial charge is 0.306 e. The van der Waals surface area contributed by atoms with Crippen LogP contribution in [0.3, 0.4) is 0 Å². The van der Waals surface area contributed by atoms with Crippen LogP contribution >= 0.6 is 11.8 Å². The molecular weight excluding hydrogens is 250 g/mol. The topological polar surface area (TPSA) is 12.0 Å². The second-order valence-corrected chi connectivity index (χ2v) is 7.16. The van der Waals surface area contributed by atoms with Crippen LogP contribution in [0.1, 0.15) is 50.1 Å². The molecule has 0 bridgehead atoms. The molecule has 19 heavy (non-hydrogen) atoms. The highest BCUT2D eigenvalue weighted by Gasteiger charge is 2.28. The number of nitrogens with one attached hydrogen (secondary N) is 1. The molecule has 0 aromatic heterocycles. The second kappa shape index (κ2) is 6.81. The number of rotatable bonds is 4. The highest BCUT2D eigenvalue weighted by Crippen LogP contribution is 2.35. The van der Waals surface area contributed by atoms with Crippen molar-refractivity contribution in [2.75, 3.05) is 11.5 Å². The Morgan fingerprint density at radius 3 is 2.47 bits per heavy atom. The average Bonchev–Trinajstić information content (AvgIpc) is 3.00. The summed E-state index contributed by atoms with van der Waals surface area (Å²) in [5.41, 5.74) is 1.51. The highest BCUT2D eigenvalue weighted by molar-refractivity contribution is 7.99. The van der Waals surface area contributed by atoms with Gasteiger partial charge in [-0.25, -0.2) is 0 Å². The Kier molecular flexibility index (Phi) is 4.84. The zero-order valence-corrected chi connectivity index (χ0v) is 12.5. The van der Waals surface area contributed by atoms with E-state index >= 15 is 0 Å². The molecular formula is C17H25NS. The molecule has 1 aliphatic carbocycles. The van der Waals surface area contributed by atoms with Crippen molar-refractivity contribution >= 4 is 11.8 Å². The molecule has 0 radical (unpaired) electrons. The van der Waals surface area contributed by atoms with Gasteiger partial charge in [0.1, 0.15) is 0 Å². The van der Waals surface area contributed by atoms with Crippen LogP contribution in [0.25, 0.3) is 0 Å². The molecule has 1 aliphatic heterocycles. The minimum absolute atomic E-state index is 0.588. The molecule has 1 aromatic rings. The lowest BCUT2D eigenvalue weighted by Gasteiger charge is -2.33. The maximum atomic E-state index is 3.98. The minimum atomic E-state index is 0.588. The van der Waals surface area contributed by atoms with Gasteiger partial charge in [-0.05, 0) is 36.5 Å². The van der Waals surface area contributed by atoms with Crippen LogP contribution in [0.15, 0.2) is 30.3 Å². The first kappa shape index (κ1) is 13.5. The first-order chi connectivity index (χ1) is 9.43. The monoisotopic (exact) mass is 275 g/mol. The Bertz CT molecular complexity index is 366. The Hall–Kier alpha value is -0.470. The van der Waals surface area contributed by atoms with Crippen LogP contribution in [0.2, 0.25) is 0 Å². The molecule has 2 unspecified atom stereocenters. The molecule has 1 saturated heterocycles. The number of hydrogen-bond donors (Lipinski definition) is 1. The van der Waals surface area contributed by atoms with E-state index in [1.165, 1.54) is 55.6 Å². The third-order valence-electron chi connectivity index (χ3n) is 4.62. The summed E-state index contributed by atoms with van der Waals surface area (Å²) in [5.74, 6) is 3.49. The van der Waals surface area contributed by atoms with E-state index in [0.717, 1.165) is 12.0 Å². The predicted octanol–water partition coefficient (Wildman–Crippen LogP) is 4.40. The minimum Gasteiger partial charge on any atom is -0.306 e. The Labute approximate surface area is 121 Å². The summed E-state index contributed by atoms with van der Waals surface area (Å²) in [6.45, 7) is 0. The standard InChI is InChI=1S/C17H25NS/c1-3-7-14(8-4-1)17(15-9-5-2-6-10-15)18-16-11-12-19-13-16/h1,3-4,7-8,15-18H,2,5-6,9-13H2. The van der Waals surface area contributed by atoms with Gasteiger partial charge in [0.05, 0.1) is 0 Å². The molecule has 1 N–H and O–H groups in total. The van der Waals surface area contributed by atoms with Gasteiger partial charge in [-0.2, -0.15) is 11.8 Å². The van der Waals surface area contributed by atoms with E-state index in [0.29, 0.717) is 6.04 Å². The van der Waals surface area contributed by atoms with E-state index in [2.05, 4.69) is 47.4 Å². The van der Waals surface area contributed by atoms with Gasteiger partial charge in [0, 0.05) is 17.8 Å². The van der Waals surface area contributed by atoms with Crippen LogP contribution in [0.5, 0.6) is 0 Å². The molecule has 0 spiro atoms. The van der Waals surface area contributed by atoms with Gasteiger partial charge < -0.3 is 5.32 Å². The molecule has 1 aromatic carbocycles. The Morgan fingerprint density at radius 2 is 1.79 bits per heavy atom. The van der Waals surface area contributed by atoms with E-state index in [1.54, 1.807) is 0 Å². The lowest BCUT2D eigenvalue weighted by atomic mass is 9.81. The Morgan fingerprint density at radius 1 is 1.00 bits per heavy atom. The van der Waals surface area contributed by atoms with Crippen LogP contribution in [0, 0.1) is 5.92 Å². The molecule has 1 heterocycles. The fraction of sp³-hybridized carbons (Fsp3) is 0.647. The SMILES string of the molecule is c1ccc(C(NC2CCSC2)C2CCCCC2)cc1. The van der Waals surface area contributed by atoms with Crippen molar-refractivity contribution in [3.05, 3.63) is 35.9 Å². The summed E-state index contributed by atoms with van der Waals surface area (Å²) in [7, 11) is 0. The average molecular weight is 275 g/mol. The first-order valence-corrected chi connectivity index (χ1v) is 8.98. The lowest BCUT2D eigenvalue weighted by molar-refractivity contribution is 0.258. The van der Waals surface area contributed by atoms with Crippen molar-refractivity contribution < 1.29 is 0 Å². The summed E-state index contributed by atoms with van der Waals surface area (Å²) in [5, 5.41) is 3.98. The maximum Gasteiger partial charge on any atom is 0.0351 e. The fourth-order valence-corrected chi connectivity index (χ4v) is 4.72. The zero-order valence-electron chi connectivity index (χ0n) is 11.7. The molecule has 3 rings (SSSR count). The van der Waals surface area contributed by atoms with Gasteiger partial charge in [-0.15, -0.1) is 0 Å². The summed E-state index contributed by atoms with van der Waals surface area (Å²) in [6, 6.07) is 12.5. The fourth-order valence-electron chi connectivity index (χ4n) is 3.55. The van der Waals surface area contributed by atoms with Gasteiger partial charge in [-0.1, -0.05) is 49.6 Å². The molecule has 2 heteroatoms. The van der Waals surface area contributed by atoms with Crippen LogP contribution in [-0.4, -0.2) is 17.5 Å². The number of thioether (sulfide) groups is 1. The lowest BCUT2D eigenvalue weighted by Crippen LogP contribution is -2.37. The van der Waals surface area contributed by atoms with Crippen LogP contribution < -0.4 is 5.32 Å². The van der Waals surface area contributed by atoms with E-state index in [1.807, 2.05) is 0 Å². The smallest absolute Gasteiger partial charge is 0.0351 e. The van der Waals surface area contributed by atoms with E-state index < -0.39 is 0 Å². The summed E-state index contributed by atoms with van der Waals surface area (Å²) in [4.78, 5) is 0. The Balaban J connectivity index is 1.73. The van der Waals surface area contributed by atoms with Crippen molar-refractivity contribution in [3.8, 4) is 0 Å². The van der Waals surface area contributed by atoms with E-state index in [-0.39, 0.29) is 0 Å². The van der Waals surface area contributed by atoms with E-state index in [9.17, 15) is 0 Å². The molecule has 1 nitrogen and oxygen atoms in total. The normalized spacial score (nSPS) is 26.4. The third-order valence-corrected chi connectivity index (χ3v) is 5.79. The first-order valence-electron chi connectivity index (χ1n) is 7.82. The summed E-state index contributed by atoms with van der Waals surface area (Å²) >= 11 is 2.10. The molecule has 0 amide bonds. The molecule has 2 aliphatic rings. The van der Waals surface area contributed by atoms with Crippen molar-refractivity contribution in [1.82, 2.24) is 5.32 Å². The van der Waals surface area contributed by atoms with Crippen molar-refractivity contribution in [1.29, 1.82) is 0 Å². The molecule has 1 saturated carbocycles. The zero-order chi connectivity index (χ0) is 12.9. The second-order valence-electron chi connectivity index (χ2n) is 6.01. The predicted molar refractivity (Wildman–Crippen MR) is 84.6 cm³/mol. The number of hydrogen-bond acceptors (Lipinski definition) is 2. The van der Waals surface area contributed by atoms with E-state index in [4.69, 9.17) is 0 Å². The van der Waals surface area contributed by atoms with Gasteiger partial charge in [0.15, 0.2) is 0 Å². The van der Waals surface area contributed by atoms with Gasteiger partial charge in [0.25, 0.3) is 0 Å². The molecule has 2 atom stereocenters. The van der Waals surface area contributed by atoms with Crippen LogP contribution in [-0.2, 0) is 0 Å². The van der Waals surface area contributed by atoms with Gasteiger partial charge >= 0.3 is 0 Å². The van der Waals surface area contributed by atoms with Gasteiger partial charge in [-0.3, -0.25) is 0 Å². The van der Waals surface area contributed by atoms with Crippen molar-refractivity contribution in [3.63, 3.8) is 0 Å². The number of benzene rings is 1. The highest BCUT2D eigenvalue weighted by atomic mass is 32.2. The van der Waals surface area contributed by atoms with Gasteiger partial charge in [0.2, 0.25) is 0 Å². The summed E-state index contributed by atoms with van der Waals surface area (Å²) < 4.78 is 0. The quantitative estimate of drug-likeness (QED) is 0.874. The van der Waals surface area contributed by atoms with Crippen LogP contribution in [0.4, 0.5) is 0 Å². The molecule has 104 valence electrons. The van der Waals surface area contributed by atoms with Crippen molar-refractivity contribution in [2.24, 2.45) is 5.92 Å². The van der Waals surface area contributed by atoms with Crippen molar-refractivity contribution in [2.45, 2.75) is 50.6 Å². The maximum absolute atomic E-state index is 3.98. The summed E-state index contributed by atoms with van der Waals surface area (Å²) in [6.07, 6.45) is 8.46. The third kappa shape index (κ3) is 3.55.